The van der Waals surface area contributed by atoms with Gasteiger partial charge in [-0.2, -0.15) is 0 Å². The first-order valence-corrected chi connectivity index (χ1v) is 7.20. The highest BCUT2D eigenvalue weighted by atomic mass is 16.3. The Morgan fingerprint density at radius 2 is 2.33 bits per heavy atom. The van der Waals surface area contributed by atoms with E-state index < -0.39 is 0 Å². The molecule has 102 valence electrons. The maximum Gasteiger partial charge on any atom is 0.105 e. The minimum atomic E-state index is 0.766. The fourth-order valence-corrected chi connectivity index (χ4v) is 2.72. The van der Waals surface area contributed by atoms with Gasteiger partial charge < -0.3 is 14.6 Å². The Morgan fingerprint density at radius 3 is 3.00 bits per heavy atom. The predicted octanol–water partition coefficient (Wildman–Crippen LogP) is 2.94. The molecule has 2 heterocycles. The van der Waals surface area contributed by atoms with Crippen LogP contribution in [0.1, 0.15) is 43.4 Å². The maximum absolute atomic E-state index is 5.33. The van der Waals surface area contributed by atoms with Gasteiger partial charge in [0.1, 0.15) is 5.76 Å². The summed E-state index contributed by atoms with van der Waals surface area (Å²) in [7, 11) is 2.20. The van der Waals surface area contributed by atoms with Crippen LogP contribution in [0.4, 0.5) is 0 Å². The highest BCUT2D eigenvalue weighted by molar-refractivity contribution is 5.14. The van der Waals surface area contributed by atoms with E-state index >= 15 is 0 Å². The first-order valence-electron chi connectivity index (χ1n) is 7.20. The van der Waals surface area contributed by atoms with Crippen molar-refractivity contribution in [2.24, 2.45) is 0 Å². The van der Waals surface area contributed by atoms with E-state index in [2.05, 4.69) is 23.3 Å². The molecule has 0 spiro atoms. The van der Waals surface area contributed by atoms with Crippen LogP contribution in [-0.4, -0.2) is 31.1 Å². The molecule has 2 rings (SSSR count). The number of hydrogen-bond donors (Lipinski definition) is 1. The zero-order valence-electron chi connectivity index (χ0n) is 11.7. The summed E-state index contributed by atoms with van der Waals surface area (Å²) in [6, 6.07) is 2.84. The fourth-order valence-electron chi connectivity index (χ4n) is 2.72. The van der Waals surface area contributed by atoms with E-state index in [9.17, 15) is 0 Å². The highest BCUT2D eigenvalue weighted by Crippen LogP contribution is 2.14. The number of hydrogen-bond acceptors (Lipinski definition) is 3. The van der Waals surface area contributed by atoms with Crippen molar-refractivity contribution in [3.63, 3.8) is 0 Å². The third-order valence-corrected chi connectivity index (χ3v) is 3.91. The van der Waals surface area contributed by atoms with Crippen LogP contribution in [-0.2, 0) is 6.54 Å². The van der Waals surface area contributed by atoms with Gasteiger partial charge in [-0.05, 0) is 58.8 Å². The highest BCUT2D eigenvalue weighted by Gasteiger charge is 2.12. The molecule has 1 atom stereocenters. The Hall–Kier alpha value is -0.800. The summed E-state index contributed by atoms with van der Waals surface area (Å²) in [6.45, 7) is 5.42. The predicted molar refractivity (Wildman–Crippen MR) is 74.7 cm³/mol. The van der Waals surface area contributed by atoms with Crippen molar-refractivity contribution in [2.45, 2.75) is 51.6 Å². The van der Waals surface area contributed by atoms with Gasteiger partial charge in [0.05, 0.1) is 6.26 Å². The molecule has 1 aliphatic heterocycles. The molecule has 3 nitrogen and oxygen atoms in total. The van der Waals surface area contributed by atoms with E-state index in [-0.39, 0.29) is 0 Å². The molecule has 0 bridgehead atoms. The van der Waals surface area contributed by atoms with Crippen LogP contribution in [0.2, 0.25) is 0 Å². The van der Waals surface area contributed by atoms with E-state index in [1.807, 2.05) is 6.92 Å². The van der Waals surface area contributed by atoms with Gasteiger partial charge in [0.25, 0.3) is 0 Å². The Balaban J connectivity index is 1.62. The normalized spacial score (nSPS) is 20.5. The van der Waals surface area contributed by atoms with E-state index in [1.165, 1.54) is 50.8 Å². The lowest BCUT2D eigenvalue weighted by Gasteiger charge is -2.24. The van der Waals surface area contributed by atoms with Crippen LogP contribution >= 0.6 is 0 Å². The van der Waals surface area contributed by atoms with Gasteiger partial charge in [-0.1, -0.05) is 6.42 Å². The number of aryl methyl sites for hydroxylation is 1. The molecule has 1 saturated heterocycles. The molecular formula is C15H26N2O. The molecular weight excluding hydrogens is 224 g/mol. The minimum absolute atomic E-state index is 0.766. The summed E-state index contributed by atoms with van der Waals surface area (Å²) in [6.07, 6.45) is 8.51. The molecule has 1 aromatic rings. The van der Waals surface area contributed by atoms with E-state index in [1.54, 1.807) is 6.26 Å². The Kier molecular flexibility index (Phi) is 5.26. The van der Waals surface area contributed by atoms with Gasteiger partial charge in [0, 0.05) is 18.2 Å². The van der Waals surface area contributed by atoms with Crippen LogP contribution in [0.25, 0.3) is 0 Å². The maximum atomic E-state index is 5.33. The molecule has 1 N–H and O–H groups in total. The average molecular weight is 250 g/mol. The molecule has 3 heteroatoms. The van der Waals surface area contributed by atoms with Crippen molar-refractivity contribution < 1.29 is 4.42 Å². The first-order chi connectivity index (χ1) is 8.75. The van der Waals surface area contributed by atoms with Crippen molar-refractivity contribution in [2.75, 3.05) is 20.1 Å². The van der Waals surface area contributed by atoms with E-state index in [0.29, 0.717) is 0 Å². The van der Waals surface area contributed by atoms with Crippen molar-refractivity contribution in [3.05, 3.63) is 23.7 Å². The van der Waals surface area contributed by atoms with Crippen molar-refractivity contribution in [1.29, 1.82) is 0 Å². The molecule has 1 unspecified atom stereocenters. The Labute approximate surface area is 111 Å². The van der Waals surface area contributed by atoms with Gasteiger partial charge in [-0.25, -0.2) is 0 Å². The van der Waals surface area contributed by atoms with Crippen LogP contribution in [0.15, 0.2) is 16.7 Å². The average Bonchev–Trinajstić information content (AvgIpc) is 2.76. The number of furan rings is 1. The summed E-state index contributed by atoms with van der Waals surface area (Å²) in [4.78, 5) is 2.39. The van der Waals surface area contributed by atoms with Gasteiger partial charge in [0.2, 0.25) is 0 Å². The summed E-state index contributed by atoms with van der Waals surface area (Å²) < 4.78 is 5.33. The molecule has 1 fully saturated rings. The molecule has 0 radical (unpaired) electrons. The fraction of sp³-hybridized carbons (Fsp3) is 0.733. The summed E-state index contributed by atoms with van der Waals surface area (Å²) in [5, 5.41) is 3.61. The van der Waals surface area contributed by atoms with Crippen LogP contribution < -0.4 is 5.32 Å². The van der Waals surface area contributed by atoms with Crippen LogP contribution in [0, 0.1) is 6.92 Å². The molecule has 1 aromatic heterocycles. The first kappa shape index (κ1) is 13.6. The smallest absolute Gasteiger partial charge is 0.105 e. The molecule has 0 saturated carbocycles. The van der Waals surface area contributed by atoms with Gasteiger partial charge in [-0.15, -0.1) is 0 Å². The standard InChI is InChI=1S/C15H26N2O/c1-13-14(8-11-18-13)12-17(2)10-5-7-15-6-3-4-9-16-15/h8,11,15-16H,3-7,9-10,12H2,1-2H3. The third kappa shape index (κ3) is 4.14. The Bertz CT molecular complexity index is 342. The summed E-state index contributed by atoms with van der Waals surface area (Å²) in [5.41, 5.74) is 1.31. The number of rotatable bonds is 6. The van der Waals surface area contributed by atoms with Crippen LogP contribution in [0.3, 0.4) is 0 Å². The number of nitrogens with one attached hydrogen (secondary N) is 1. The number of piperidine rings is 1. The second-order valence-corrected chi connectivity index (χ2v) is 5.53. The van der Waals surface area contributed by atoms with E-state index in [4.69, 9.17) is 4.42 Å². The molecule has 18 heavy (non-hydrogen) atoms. The van der Waals surface area contributed by atoms with Gasteiger partial charge >= 0.3 is 0 Å². The van der Waals surface area contributed by atoms with Crippen molar-refractivity contribution in [3.8, 4) is 0 Å². The second kappa shape index (κ2) is 6.95. The zero-order chi connectivity index (χ0) is 12.8. The van der Waals surface area contributed by atoms with Gasteiger partial charge in [-0.3, -0.25) is 0 Å². The lowest BCUT2D eigenvalue weighted by atomic mass is 10.0. The quantitative estimate of drug-likeness (QED) is 0.841. The summed E-state index contributed by atoms with van der Waals surface area (Å²) in [5.74, 6) is 1.05. The minimum Gasteiger partial charge on any atom is -0.469 e. The monoisotopic (exact) mass is 250 g/mol. The van der Waals surface area contributed by atoms with Crippen molar-refractivity contribution >= 4 is 0 Å². The second-order valence-electron chi connectivity index (χ2n) is 5.53. The number of nitrogens with zero attached hydrogens (tertiary/aromatic N) is 1. The Morgan fingerprint density at radius 1 is 1.44 bits per heavy atom. The summed E-state index contributed by atoms with van der Waals surface area (Å²) >= 11 is 0. The zero-order valence-corrected chi connectivity index (χ0v) is 11.7. The SMILES string of the molecule is Cc1occc1CN(C)CCCC1CCCCN1. The molecule has 0 amide bonds. The molecule has 1 aliphatic rings. The van der Waals surface area contributed by atoms with Crippen LogP contribution in [0.5, 0.6) is 0 Å². The van der Waals surface area contributed by atoms with Gasteiger partial charge in [0.15, 0.2) is 0 Å². The molecule has 0 aromatic carbocycles. The van der Waals surface area contributed by atoms with E-state index in [0.717, 1.165) is 18.3 Å². The third-order valence-electron chi connectivity index (χ3n) is 3.91. The lowest BCUT2D eigenvalue weighted by Crippen LogP contribution is -2.34. The topological polar surface area (TPSA) is 28.4 Å². The van der Waals surface area contributed by atoms with Crippen molar-refractivity contribution in [1.82, 2.24) is 10.2 Å². The lowest BCUT2D eigenvalue weighted by molar-refractivity contribution is 0.296. The molecule has 0 aliphatic carbocycles. The largest absolute Gasteiger partial charge is 0.469 e.